The summed E-state index contributed by atoms with van der Waals surface area (Å²) in [5.41, 5.74) is 10.8. The Morgan fingerprint density at radius 2 is 2.31 bits per heavy atom. The fourth-order valence-electron chi connectivity index (χ4n) is 0.975. The molecule has 8 heteroatoms. The molecule has 8 nitrogen and oxygen atoms in total. The third-order valence-electron chi connectivity index (χ3n) is 1.67. The summed E-state index contributed by atoms with van der Waals surface area (Å²) in [6, 6.07) is 0. The van der Waals surface area contributed by atoms with Crippen molar-refractivity contribution in [3.63, 3.8) is 0 Å². The van der Waals surface area contributed by atoms with Crippen LogP contribution in [-0.4, -0.2) is 41.8 Å². The van der Waals surface area contributed by atoms with Crippen molar-refractivity contribution in [3.05, 3.63) is 11.9 Å². The first-order chi connectivity index (χ1) is 7.61. The van der Waals surface area contributed by atoms with E-state index in [4.69, 9.17) is 16.2 Å². The van der Waals surface area contributed by atoms with Gasteiger partial charge in [-0.1, -0.05) is 0 Å². The van der Waals surface area contributed by atoms with Crippen LogP contribution in [0.25, 0.3) is 0 Å². The molecule has 0 spiro atoms. The lowest BCUT2D eigenvalue weighted by Gasteiger charge is -2.04. The summed E-state index contributed by atoms with van der Waals surface area (Å²) in [5.74, 6) is -0.929. The van der Waals surface area contributed by atoms with E-state index in [1.807, 2.05) is 0 Å². The molecule has 0 aromatic carbocycles. The molecule has 0 saturated carbocycles. The zero-order valence-corrected chi connectivity index (χ0v) is 8.53. The summed E-state index contributed by atoms with van der Waals surface area (Å²) in [4.78, 5) is 21.7. The molecule has 0 saturated heterocycles. The van der Waals surface area contributed by atoms with Crippen LogP contribution in [0.3, 0.4) is 0 Å². The van der Waals surface area contributed by atoms with Crippen LogP contribution in [-0.2, 0) is 9.53 Å². The number of ether oxygens (including phenoxy) is 1. The molecule has 0 radical (unpaired) electrons. The summed E-state index contributed by atoms with van der Waals surface area (Å²) in [5, 5.41) is 8.60. The average molecular weight is 227 g/mol. The quantitative estimate of drug-likeness (QED) is 0.426. The van der Waals surface area contributed by atoms with E-state index in [0.717, 1.165) is 0 Å². The highest BCUT2D eigenvalue weighted by molar-refractivity contribution is 5.96. The number of amides is 2. The Morgan fingerprint density at radius 3 is 2.88 bits per heavy atom. The van der Waals surface area contributed by atoms with E-state index in [9.17, 15) is 9.59 Å². The summed E-state index contributed by atoms with van der Waals surface area (Å²) in [7, 11) is 0. The number of H-pyrrole nitrogens is 1. The van der Waals surface area contributed by atoms with E-state index in [2.05, 4.69) is 15.5 Å². The van der Waals surface area contributed by atoms with Crippen molar-refractivity contribution in [2.75, 3.05) is 25.5 Å². The summed E-state index contributed by atoms with van der Waals surface area (Å²) in [6.45, 7) is 0.287. The van der Waals surface area contributed by atoms with Gasteiger partial charge in [0.25, 0.3) is 5.91 Å². The lowest BCUT2D eigenvalue weighted by Crippen LogP contribution is -2.29. The molecule has 0 atom stereocenters. The number of hydrogen-bond donors (Lipinski definition) is 4. The van der Waals surface area contributed by atoms with Crippen molar-refractivity contribution in [2.24, 2.45) is 5.73 Å². The van der Waals surface area contributed by atoms with Crippen LogP contribution in [0.4, 0.5) is 5.69 Å². The molecule has 2 amide bonds. The van der Waals surface area contributed by atoms with E-state index in [-0.39, 0.29) is 37.0 Å². The molecule has 0 aliphatic heterocycles. The minimum atomic E-state index is -0.552. The fraction of sp³-hybridized carbons (Fsp3) is 0.375. The van der Waals surface area contributed by atoms with Crippen molar-refractivity contribution >= 4 is 17.5 Å². The fourth-order valence-corrected chi connectivity index (χ4v) is 0.975. The van der Waals surface area contributed by atoms with E-state index < -0.39 is 5.91 Å². The van der Waals surface area contributed by atoms with Gasteiger partial charge in [-0.3, -0.25) is 14.7 Å². The van der Waals surface area contributed by atoms with Crippen LogP contribution in [0.1, 0.15) is 10.5 Å². The molecule has 0 aliphatic rings. The van der Waals surface area contributed by atoms with Crippen LogP contribution < -0.4 is 16.8 Å². The zero-order chi connectivity index (χ0) is 12.0. The Bertz CT molecular complexity index is 376. The smallest absolute Gasteiger partial charge is 0.271 e. The average Bonchev–Trinajstić information content (AvgIpc) is 2.63. The molecule has 0 bridgehead atoms. The normalized spacial score (nSPS) is 10.0. The molecule has 88 valence electrons. The van der Waals surface area contributed by atoms with Gasteiger partial charge in [-0.15, -0.1) is 0 Å². The number of aromatic amines is 1. The van der Waals surface area contributed by atoms with Crippen molar-refractivity contribution in [1.29, 1.82) is 0 Å². The number of nitrogen functional groups attached to an aromatic ring is 1. The summed E-state index contributed by atoms with van der Waals surface area (Å²) in [6.07, 6.45) is 1.35. The molecular weight excluding hydrogens is 214 g/mol. The molecule has 16 heavy (non-hydrogen) atoms. The Morgan fingerprint density at radius 1 is 1.56 bits per heavy atom. The Balaban J connectivity index is 2.21. The number of nitrogens with two attached hydrogens (primary N) is 2. The van der Waals surface area contributed by atoms with Gasteiger partial charge in [-0.25, -0.2) is 0 Å². The van der Waals surface area contributed by atoms with Crippen LogP contribution >= 0.6 is 0 Å². The number of nitrogens with zero attached hydrogens (tertiary/aromatic N) is 1. The number of hydrogen-bond acceptors (Lipinski definition) is 5. The Kier molecular flexibility index (Phi) is 4.28. The molecule has 0 unspecified atom stereocenters. The summed E-state index contributed by atoms with van der Waals surface area (Å²) < 4.78 is 4.85. The maximum Gasteiger partial charge on any atom is 0.271 e. The van der Waals surface area contributed by atoms with E-state index in [1.54, 1.807) is 0 Å². The molecular formula is C8H13N5O3. The van der Waals surface area contributed by atoms with Gasteiger partial charge in [0.2, 0.25) is 5.91 Å². The predicted molar refractivity (Wildman–Crippen MR) is 55.3 cm³/mol. The van der Waals surface area contributed by atoms with Crippen LogP contribution in [0.5, 0.6) is 0 Å². The van der Waals surface area contributed by atoms with Crippen LogP contribution in [0.2, 0.25) is 0 Å². The highest BCUT2D eigenvalue weighted by Gasteiger charge is 2.10. The second-order valence-corrected chi connectivity index (χ2v) is 2.98. The number of anilines is 1. The van der Waals surface area contributed by atoms with Gasteiger partial charge < -0.3 is 21.5 Å². The predicted octanol–water partition coefficient (Wildman–Crippen LogP) is -1.78. The lowest BCUT2D eigenvalue weighted by molar-refractivity contribution is -0.122. The summed E-state index contributed by atoms with van der Waals surface area (Å²) >= 11 is 0. The van der Waals surface area contributed by atoms with E-state index in [0.29, 0.717) is 0 Å². The monoisotopic (exact) mass is 227 g/mol. The minimum Gasteiger partial charge on any atom is -0.396 e. The molecule has 1 heterocycles. The first kappa shape index (κ1) is 12.0. The van der Waals surface area contributed by atoms with Gasteiger partial charge in [-0.2, -0.15) is 5.10 Å². The maximum atomic E-state index is 11.4. The molecule has 1 rings (SSSR count). The third kappa shape index (κ3) is 3.58. The van der Waals surface area contributed by atoms with Crippen molar-refractivity contribution in [2.45, 2.75) is 0 Å². The number of aromatic nitrogens is 2. The maximum absolute atomic E-state index is 11.4. The standard InChI is InChI=1S/C8H13N5O3/c9-5-3-12-13-7(5)8(15)11-1-2-16-4-6(10)14/h3H,1-2,4,9H2,(H2,10,14)(H,11,15)(H,12,13). The number of primary amides is 1. The first-order valence-corrected chi connectivity index (χ1v) is 4.54. The molecule has 0 aliphatic carbocycles. The van der Waals surface area contributed by atoms with Gasteiger partial charge in [0.15, 0.2) is 0 Å². The second-order valence-electron chi connectivity index (χ2n) is 2.98. The molecule has 6 N–H and O–H groups in total. The van der Waals surface area contributed by atoms with Crippen LogP contribution in [0, 0.1) is 0 Å². The highest BCUT2D eigenvalue weighted by Crippen LogP contribution is 2.04. The van der Waals surface area contributed by atoms with Crippen LogP contribution in [0.15, 0.2) is 6.20 Å². The molecule has 0 fully saturated rings. The van der Waals surface area contributed by atoms with Gasteiger partial charge in [0.1, 0.15) is 12.3 Å². The Hall–Kier alpha value is -2.09. The Labute approximate surface area is 91.3 Å². The molecule has 1 aromatic rings. The lowest BCUT2D eigenvalue weighted by atomic mass is 10.3. The number of rotatable bonds is 6. The number of nitrogens with one attached hydrogen (secondary N) is 2. The van der Waals surface area contributed by atoms with Gasteiger partial charge in [-0.05, 0) is 0 Å². The third-order valence-corrected chi connectivity index (χ3v) is 1.67. The van der Waals surface area contributed by atoms with Gasteiger partial charge in [0, 0.05) is 6.54 Å². The van der Waals surface area contributed by atoms with Crippen molar-refractivity contribution < 1.29 is 14.3 Å². The minimum absolute atomic E-state index is 0.165. The zero-order valence-electron chi connectivity index (χ0n) is 8.53. The second kappa shape index (κ2) is 5.71. The van der Waals surface area contributed by atoms with E-state index >= 15 is 0 Å². The molecule has 1 aromatic heterocycles. The number of carbonyl (C=O) groups is 2. The van der Waals surface area contributed by atoms with Crippen molar-refractivity contribution in [1.82, 2.24) is 15.5 Å². The SMILES string of the molecule is NC(=O)COCCNC(=O)c1[nH]ncc1N. The first-order valence-electron chi connectivity index (χ1n) is 4.54. The van der Waals surface area contributed by atoms with E-state index in [1.165, 1.54) is 6.20 Å². The van der Waals surface area contributed by atoms with Gasteiger partial charge >= 0.3 is 0 Å². The van der Waals surface area contributed by atoms with Crippen molar-refractivity contribution in [3.8, 4) is 0 Å². The highest BCUT2D eigenvalue weighted by atomic mass is 16.5. The number of carbonyl (C=O) groups excluding carboxylic acids is 2. The topological polar surface area (TPSA) is 136 Å². The largest absolute Gasteiger partial charge is 0.396 e. The van der Waals surface area contributed by atoms with Gasteiger partial charge in [0.05, 0.1) is 18.5 Å².